The van der Waals surface area contributed by atoms with Crippen LogP contribution in [0.2, 0.25) is 5.02 Å². The first-order valence-electron chi connectivity index (χ1n) is 10.5. The lowest BCUT2D eigenvalue weighted by Crippen LogP contribution is -2.43. The van der Waals surface area contributed by atoms with E-state index in [1.807, 2.05) is 37.3 Å². The van der Waals surface area contributed by atoms with Crippen LogP contribution in [-0.2, 0) is 9.47 Å². The van der Waals surface area contributed by atoms with Crippen molar-refractivity contribution in [3.05, 3.63) is 59.0 Å². The number of hydrogen-bond acceptors (Lipinski definition) is 6. The maximum Gasteiger partial charge on any atom is 0.340 e. The number of nitrogens with zero attached hydrogens (tertiary/aromatic N) is 4. The Labute approximate surface area is 190 Å². The second-order valence-corrected chi connectivity index (χ2v) is 8.34. The standard InChI is InChI=1S/C24H23ClN4O3/c1-14-13-32-10-9-28(14)16-11-18(24(30)31-3)23-21(12-16)29(15(2)27-23)20-7-8-26-22-17(20)5-4-6-19(22)25/h4-8,11-12,14H,9-10,13H2,1-3H3/t14-/m1/s1. The molecule has 1 aliphatic heterocycles. The monoisotopic (exact) mass is 450 g/mol. The topological polar surface area (TPSA) is 69.5 Å². The minimum atomic E-state index is -0.412. The van der Waals surface area contributed by atoms with Gasteiger partial charge in [0.2, 0.25) is 0 Å². The number of carbonyl (C=O) groups excluding carboxylic acids is 1. The summed E-state index contributed by atoms with van der Waals surface area (Å²) in [4.78, 5) is 24.2. The van der Waals surface area contributed by atoms with Crippen molar-refractivity contribution in [1.82, 2.24) is 14.5 Å². The van der Waals surface area contributed by atoms with Gasteiger partial charge in [-0.25, -0.2) is 9.78 Å². The van der Waals surface area contributed by atoms with E-state index in [0.717, 1.165) is 40.2 Å². The number of ether oxygens (including phenoxy) is 2. The fraction of sp³-hybridized carbons (Fsp3) is 0.292. The number of benzene rings is 2. The maximum atomic E-state index is 12.7. The molecule has 1 atom stereocenters. The third kappa shape index (κ3) is 3.29. The molecule has 0 unspecified atom stereocenters. The molecule has 7 nitrogen and oxygen atoms in total. The molecule has 0 saturated carbocycles. The summed E-state index contributed by atoms with van der Waals surface area (Å²) in [6, 6.07) is 11.8. The molecule has 0 N–H and O–H groups in total. The number of esters is 1. The van der Waals surface area contributed by atoms with Crippen LogP contribution in [0.5, 0.6) is 0 Å². The van der Waals surface area contributed by atoms with E-state index in [1.165, 1.54) is 7.11 Å². The Morgan fingerprint density at radius 3 is 2.88 bits per heavy atom. The van der Waals surface area contributed by atoms with Crippen LogP contribution in [0.3, 0.4) is 0 Å². The van der Waals surface area contributed by atoms with E-state index < -0.39 is 5.97 Å². The summed E-state index contributed by atoms with van der Waals surface area (Å²) in [7, 11) is 1.39. The zero-order valence-corrected chi connectivity index (χ0v) is 18.9. The molecule has 4 aromatic rings. The Morgan fingerprint density at radius 1 is 1.25 bits per heavy atom. The third-order valence-electron chi connectivity index (χ3n) is 5.96. The van der Waals surface area contributed by atoms with E-state index >= 15 is 0 Å². The summed E-state index contributed by atoms with van der Waals surface area (Å²) < 4.78 is 12.8. The second-order valence-electron chi connectivity index (χ2n) is 7.93. The fourth-order valence-electron chi connectivity index (χ4n) is 4.44. The summed E-state index contributed by atoms with van der Waals surface area (Å²) in [5.41, 5.74) is 4.43. The molecule has 1 aliphatic rings. The van der Waals surface area contributed by atoms with Crippen LogP contribution < -0.4 is 4.90 Å². The van der Waals surface area contributed by atoms with Crippen LogP contribution in [0.15, 0.2) is 42.6 Å². The molecule has 0 spiro atoms. The van der Waals surface area contributed by atoms with Gasteiger partial charge in [-0.2, -0.15) is 0 Å². The highest BCUT2D eigenvalue weighted by Gasteiger charge is 2.25. The molecular weight excluding hydrogens is 428 g/mol. The van der Waals surface area contributed by atoms with Crippen LogP contribution in [0.4, 0.5) is 5.69 Å². The second kappa shape index (κ2) is 8.07. The van der Waals surface area contributed by atoms with Gasteiger partial charge in [0.05, 0.1) is 47.6 Å². The highest BCUT2D eigenvalue weighted by atomic mass is 35.5. The number of fused-ring (bicyclic) bond motifs is 2. The number of rotatable bonds is 3. The van der Waals surface area contributed by atoms with E-state index in [9.17, 15) is 4.79 Å². The Morgan fingerprint density at radius 2 is 2.09 bits per heavy atom. The first-order chi connectivity index (χ1) is 15.5. The first kappa shape index (κ1) is 20.7. The number of carbonyl (C=O) groups is 1. The van der Waals surface area contributed by atoms with Crippen molar-refractivity contribution < 1.29 is 14.3 Å². The van der Waals surface area contributed by atoms with Gasteiger partial charge in [0.1, 0.15) is 11.3 Å². The molecule has 0 aliphatic carbocycles. The van der Waals surface area contributed by atoms with Gasteiger partial charge in [0.15, 0.2) is 0 Å². The number of para-hydroxylation sites is 1. The van der Waals surface area contributed by atoms with Crippen molar-refractivity contribution in [2.45, 2.75) is 19.9 Å². The minimum absolute atomic E-state index is 0.185. The SMILES string of the molecule is COC(=O)c1cc(N2CCOC[C@H]2C)cc2c1nc(C)n2-c1ccnc2c(Cl)cccc12. The molecular formula is C24H23ClN4O3. The average Bonchev–Trinajstić information content (AvgIpc) is 3.13. The molecule has 5 rings (SSSR count). The largest absolute Gasteiger partial charge is 0.465 e. The van der Waals surface area contributed by atoms with E-state index in [1.54, 1.807) is 6.20 Å². The van der Waals surface area contributed by atoms with Crippen molar-refractivity contribution in [3.8, 4) is 5.69 Å². The van der Waals surface area contributed by atoms with Crippen molar-refractivity contribution in [2.75, 3.05) is 31.8 Å². The summed E-state index contributed by atoms with van der Waals surface area (Å²) in [6.07, 6.45) is 1.74. The van der Waals surface area contributed by atoms with Gasteiger partial charge in [0, 0.05) is 29.9 Å². The highest BCUT2D eigenvalue weighted by Crippen LogP contribution is 2.34. The normalized spacial score (nSPS) is 16.6. The molecule has 3 heterocycles. The summed E-state index contributed by atoms with van der Waals surface area (Å²) in [6.45, 7) is 6.06. The zero-order valence-electron chi connectivity index (χ0n) is 18.1. The molecule has 0 bridgehead atoms. The Kier molecular flexibility index (Phi) is 5.23. The maximum absolute atomic E-state index is 12.7. The lowest BCUT2D eigenvalue weighted by Gasteiger charge is -2.35. The Balaban J connectivity index is 1.82. The van der Waals surface area contributed by atoms with Crippen LogP contribution in [-0.4, -0.2) is 53.4 Å². The first-order valence-corrected chi connectivity index (χ1v) is 10.9. The molecule has 1 saturated heterocycles. The quantitative estimate of drug-likeness (QED) is 0.426. The number of aromatic nitrogens is 3. The number of morpholine rings is 1. The molecule has 0 amide bonds. The smallest absolute Gasteiger partial charge is 0.340 e. The van der Waals surface area contributed by atoms with Gasteiger partial charge in [0.25, 0.3) is 0 Å². The summed E-state index contributed by atoms with van der Waals surface area (Å²) >= 11 is 6.41. The van der Waals surface area contributed by atoms with Gasteiger partial charge in [-0.1, -0.05) is 23.7 Å². The number of aryl methyl sites for hydroxylation is 1. The minimum Gasteiger partial charge on any atom is -0.465 e. The zero-order chi connectivity index (χ0) is 22.4. The van der Waals surface area contributed by atoms with Gasteiger partial charge >= 0.3 is 5.97 Å². The lowest BCUT2D eigenvalue weighted by atomic mass is 10.1. The van der Waals surface area contributed by atoms with Gasteiger partial charge < -0.3 is 14.4 Å². The number of anilines is 1. The van der Waals surface area contributed by atoms with E-state index in [2.05, 4.69) is 27.4 Å². The summed E-state index contributed by atoms with van der Waals surface area (Å²) in [5, 5.41) is 1.50. The van der Waals surface area contributed by atoms with Gasteiger partial charge in [-0.15, -0.1) is 0 Å². The van der Waals surface area contributed by atoms with E-state index in [0.29, 0.717) is 29.3 Å². The molecule has 2 aromatic carbocycles. The Hall–Kier alpha value is -3.16. The number of halogens is 1. The van der Waals surface area contributed by atoms with Gasteiger partial charge in [-0.3, -0.25) is 9.55 Å². The lowest BCUT2D eigenvalue weighted by molar-refractivity contribution is 0.0602. The van der Waals surface area contributed by atoms with Gasteiger partial charge in [-0.05, 0) is 38.1 Å². The number of pyridine rings is 1. The van der Waals surface area contributed by atoms with Crippen LogP contribution in [0, 0.1) is 6.92 Å². The fourth-order valence-corrected chi connectivity index (χ4v) is 4.67. The van der Waals surface area contributed by atoms with Crippen molar-refractivity contribution >= 4 is 45.2 Å². The van der Waals surface area contributed by atoms with E-state index in [4.69, 9.17) is 26.1 Å². The summed E-state index contributed by atoms with van der Waals surface area (Å²) in [5.74, 6) is 0.342. The van der Waals surface area contributed by atoms with Crippen molar-refractivity contribution in [1.29, 1.82) is 0 Å². The predicted molar refractivity (Wildman–Crippen MR) is 125 cm³/mol. The average molecular weight is 451 g/mol. The van der Waals surface area contributed by atoms with Crippen molar-refractivity contribution in [3.63, 3.8) is 0 Å². The van der Waals surface area contributed by atoms with E-state index in [-0.39, 0.29) is 6.04 Å². The number of hydrogen-bond donors (Lipinski definition) is 0. The number of methoxy groups -OCH3 is 1. The Bertz CT molecular complexity index is 1350. The van der Waals surface area contributed by atoms with Crippen molar-refractivity contribution in [2.24, 2.45) is 0 Å². The molecule has 8 heteroatoms. The molecule has 0 radical (unpaired) electrons. The molecule has 32 heavy (non-hydrogen) atoms. The predicted octanol–water partition coefficient (Wildman–Crippen LogP) is 4.55. The highest BCUT2D eigenvalue weighted by molar-refractivity contribution is 6.35. The molecule has 1 fully saturated rings. The third-order valence-corrected chi connectivity index (χ3v) is 6.26. The van der Waals surface area contributed by atoms with Crippen LogP contribution in [0.1, 0.15) is 23.1 Å². The molecule has 2 aromatic heterocycles. The number of imidazole rings is 1. The van der Waals surface area contributed by atoms with Crippen LogP contribution >= 0.6 is 11.6 Å². The van der Waals surface area contributed by atoms with Crippen LogP contribution in [0.25, 0.3) is 27.6 Å². The molecule has 164 valence electrons.